The van der Waals surface area contributed by atoms with E-state index in [9.17, 15) is 4.21 Å². The van der Waals surface area contributed by atoms with Crippen molar-refractivity contribution in [2.45, 2.75) is 70.4 Å². The minimum Gasteiger partial charge on any atom is -0.402 e. The molecule has 1 saturated heterocycles. The lowest BCUT2D eigenvalue weighted by molar-refractivity contribution is 0.00578. The molecule has 1 aliphatic rings. The molecule has 2 atom stereocenters. The Balaban J connectivity index is 2.31. The second-order valence-electron chi connectivity index (χ2n) is 8.01. The highest BCUT2D eigenvalue weighted by Gasteiger charge is 2.54. The van der Waals surface area contributed by atoms with Gasteiger partial charge in [-0.3, -0.25) is 0 Å². The Hall–Kier alpha value is -0.685. The predicted octanol–water partition coefficient (Wildman–Crippen LogP) is 3.41. The van der Waals surface area contributed by atoms with Gasteiger partial charge in [0.25, 0.3) is 0 Å². The van der Waals surface area contributed by atoms with Crippen LogP contribution in [-0.2, 0) is 20.3 Å². The molecule has 1 N–H and O–H groups in total. The summed E-state index contributed by atoms with van der Waals surface area (Å²) in [6.07, 6.45) is 0. The van der Waals surface area contributed by atoms with Crippen molar-refractivity contribution in [2.75, 3.05) is 0 Å². The van der Waals surface area contributed by atoms with Crippen molar-refractivity contribution in [3.05, 3.63) is 35.9 Å². The summed E-state index contributed by atoms with van der Waals surface area (Å²) in [7, 11) is -1.72. The summed E-state index contributed by atoms with van der Waals surface area (Å²) >= 11 is 0. The number of hydrogen-bond donors (Lipinski definition) is 1. The van der Waals surface area contributed by atoms with Crippen LogP contribution in [0.3, 0.4) is 0 Å². The van der Waals surface area contributed by atoms with E-state index in [0.29, 0.717) is 0 Å². The zero-order valence-corrected chi connectivity index (χ0v) is 16.0. The van der Waals surface area contributed by atoms with Gasteiger partial charge in [0.05, 0.1) is 32.9 Å². The summed E-state index contributed by atoms with van der Waals surface area (Å²) in [6.45, 7) is 13.9. The lowest BCUT2D eigenvalue weighted by Crippen LogP contribution is -2.43. The first kappa shape index (κ1) is 18.7. The number of benzene rings is 1. The SMILES string of the molecule is CC(C)(C)[S@@](=O)N[C@H](B1OC(C)(C)C(C)(C)O1)c1ccccc1. The minimum absolute atomic E-state index is 0.294. The molecule has 6 heteroatoms. The van der Waals surface area contributed by atoms with Crippen LogP contribution in [0.15, 0.2) is 30.3 Å². The molecule has 4 nitrogen and oxygen atoms in total. The zero-order valence-electron chi connectivity index (χ0n) is 15.2. The van der Waals surface area contributed by atoms with E-state index in [0.717, 1.165) is 5.56 Å². The predicted molar refractivity (Wildman–Crippen MR) is 96.3 cm³/mol. The highest BCUT2D eigenvalue weighted by Crippen LogP contribution is 2.40. The molecule has 0 radical (unpaired) electrons. The molecule has 0 bridgehead atoms. The van der Waals surface area contributed by atoms with E-state index in [1.807, 2.05) is 78.8 Å². The van der Waals surface area contributed by atoms with E-state index in [1.54, 1.807) is 0 Å². The van der Waals surface area contributed by atoms with Gasteiger partial charge < -0.3 is 9.31 Å². The third kappa shape index (κ3) is 4.05. The number of hydrogen-bond acceptors (Lipinski definition) is 3. The summed E-state index contributed by atoms with van der Waals surface area (Å²) in [6, 6.07) is 9.90. The van der Waals surface area contributed by atoms with Crippen molar-refractivity contribution in [3.63, 3.8) is 0 Å². The molecule has 0 aliphatic carbocycles. The van der Waals surface area contributed by atoms with Crippen LogP contribution in [0.5, 0.6) is 0 Å². The average Bonchev–Trinajstić information content (AvgIpc) is 2.64. The van der Waals surface area contributed by atoms with Crippen molar-refractivity contribution in [1.29, 1.82) is 0 Å². The summed E-state index contributed by atoms with van der Waals surface area (Å²) in [4.78, 5) is 0. The fourth-order valence-corrected chi connectivity index (χ4v) is 3.09. The van der Waals surface area contributed by atoms with Gasteiger partial charge in [-0.25, -0.2) is 8.93 Å². The number of nitrogens with one attached hydrogen (secondary N) is 1. The molecule has 1 aromatic carbocycles. The van der Waals surface area contributed by atoms with E-state index in [4.69, 9.17) is 9.31 Å². The van der Waals surface area contributed by atoms with Crippen molar-refractivity contribution >= 4 is 18.1 Å². The maximum Gasteiger partial charge on any atom is 0.481 e. The Morgan fingerprint density at radius 1 is 1.04 bits per heavy atom. The first-order chi connectivity index (χ1) is 10.4. The molecule has 0 spiro atoms. The van der Waals surface area contributed by atoms with E-state index >= 15 is 0 Å². The first-order valence-electron chi connectivity index (χ1n) is 8.03. The first-order valence-corrected chi connectivity index (χ1v) is 9.18. The molecule has 0 aromatic heterocycles. The lowest BCUT2D eigenvalue weighted by atomic mass is 9.75. The third-order valence-corrected chi connectivity index (χ3v) is 6.07. The van der Waals surface area contributed by atoms with Crippen LogP contribution in [0.2, 0.25) is 0 Å². The molecule has 23 heavy (non-hydrogen) atoms. The number of rotatable bonds is 4. The normalized spacial score (nSPS) is 22.8. The van der Waals surface area contributed by atoms with Gasteiger partial charge in [-0.2, -0.15) is 0 Å². The van der Waals surface area contributed by atoms with E-state index in [1.165, 1.54) is 0 Å². The van der Waals surface area contributed by atoms with Crippen LogP contribution in [0.4, 0.5) is 0 Å². The largest absolute Gasteiger partial charge is 0.481 e. The topological polar surface area (TPSA) is 47.6 Å². The highest BCUT2D eigenvalue weighted by molar-refractivity contribution is 7.84. The third-order valence-electron chi connectivity index (χ3n) is 4.49. The maximum absolute atomic E-state index is 12.6. The Bertz CT molecular complexity index is 553. The molecule has 0 unspecified atom stereocenters. The zero-order chi connectivity index (χ0) is 17.5. The molecular weight excluding hydrogens is 309 g/mol. The van der Waals surface area contributed by atoms with Crippen molar-refractivity contribution in [3.8, 4) is 0 Å². The average molecular weight is 337 g/mol. The smallest absolute Gasteiger partial charge is 0.402 e. The summed E-state index contributed by atoms with van der Waals surface area (Å²) in [5, 5.41) is 0. The van der Waals surface area contributed by atoms with Gasteiger partial charge in [-0.1, -0.05) is 30.3 Å². The summed E-state index contributed by atoms with van der Waals surface area (Å²) in [5.41, 5.74) is 0.161. The molecule has 1 fully saturated rings. The van der Waals surface area contributed by atoms with Crippen molar-refractivity contribution < 1.29 is 13.5 Å². The minimum atomic E-state index is -1.22. The Kier molecular flexibility index (Phi) is 5.12. The molecule has 128 valence electrons. The van der Waals surface area contributed by atoms with Crippen LogP contribution in [0.1, 0.15) is 60.0 Å². The van der Waals surface area contributed by atoms with E-state index in [2.05, 4.69) is 4.72 Å². The second kappa shape index (κ2) is 6.32. The second-order valence-corrected chi connectivity index (χ2v) is 10.0. The quantitative estimate of drug-likeness (QED) is 0.857. The Labute approximate surface area is 143 Å². The van der Waals surface area contributed by atoms with Crippen LogP contribution < -0.4 is 4.72 Å². The van der Waals surface area contributed by atoms with E-state index < -0.39 is 29.3 Å². The summed E-state index contributed by atoms with van der Waals surface area (Å²) in [5.74, 6) is -0.294. The van der Waals surface area contributed by atoms with Gasteiger partial charge >= 0.3 is 7.12 Å². The van der Waals surface area contributed by atoms with Crippen molar-refractivity contribution in [2.24, 2.45) is 0 Å². The fraction of sp³-hybridized carbons (Fsp3) is 0.647. The molecule has 1 aliphatic heterocycles. The van der Waals surface area contributed by atoms with E-state index in [-0.39, 0.29) is 10.7 Å². The highest BCUT2D eigenvalue weighted by atomic mass is 32.2. The van der Waals surface area contributed by atoms with Gasteiger partial charge in [0.1, 0.15) is 0 Å². The van der Waals surface area contributed by atoms with Gasteiger partial charge in [-0.15, -0.1) is 0 Å². The molecular formula is C17H28BNO3S. The lowest BCUT2D eigenvalue weighted by Gasteiger charge is -2.32. The molecule has 0 amide bonds. The molecule has 0 saturated carbocycles. The summed E-state index contributed by atoms with van der Waals surface area (Å²) < 4.78 is 27.8. The van der Waals surface area contributed by atoms with Gasteiger partial charge in [0.15, 0.2) is 0 Å². The van der Waals surface area contributed by atoms with Crippen LogP contribution in [0, 0.1) is 0 Å². The molecule has 2 rings (SSSR count). The molecule has 1 aromatic rings. The van der Waals surface area contributed by atoms with Crippen LogP contribution in [0.25, 0.3) is 0 Å². The molecule has 1 heterocycles. The van der Waals surface area contributed by atoms with Gasteiger partial charge in [0.2, 0.25) is 0 Å². The Morgan fingerprint density at radius 3 is 1.96 bits per heavy atom. The standard InChI is InChI=1S/C17H28BNO3S/c1-15(2,3)23(20)19-14(13-11-9-8-10-12-13)18-21-16(4,5)17(6,7)22-18/h8-12,14,19H,1-7H3/t14-,23+/m0/s1. The van der Waals surface area contributed by atoms with Crippen LogP contribution >= 0.6 is 0 Å². The van der Waals surface area contributed by atoms with Gasteiger partial charge in [-0.05, 0) is 54.0 Å². The maximum atomic E-state index is 12.6. The Morgan fingerprint density at radius 2 is 1.52 bits per heavy atom. The monoisotopic (exact) mass is 337 g/mol. The fourth-order valence-electron chi connectivity index (χ4n) is 2.26. The van der Waals surface area contributed by atoms with Crippen LogP contribution in [-0.4, -0.2) is 27.3 Å². The van der Waals surface area contributed by atoms with Crippen molar-refractivity contribution in [1.82, 2.24) is 4.72 Å². The van der Waals surface area contributed by atoms with Gasteiger partial charge in [0, 0.05) is 0 Å².